The van der Waals surface area contributed by atoms with E-state index in [0.717, 1.165) is 41.1 Å². The lowest BCUT2D eigenvalue weighted by molar-refractivity contribution is 0.0857. The first-order valence-corrected chi connectivity index (χ1v) is 12.0. The Bertz CT molecular complexity index is 1220. The van der Waals surface area contributed by atoms with E-state index in [2.05, 4.69) is 10.3 Å². The number of aromatic nitrogens is 1. The van der Waals surface area contributed by atoms with Gasteiger partial charge in [0.25, 0.3) is 11.8 Å². The van der Waals surface area contributed by atoms with Gasteiger partial charge in [-0.1, -0.05) is 29.8 Å². The summed E-state index contributed by atoms with van der Waals surface area (Å²) in [4.78, 5) is 31.6. The van der Waals surface area contributed by atoms with E-state index in [-0.39, 0.29) is 17.9 Å². The molecule has 1 fully saturated rings. The molecule has 0 aliphatic carbocycles. The summed E-state index contributed by atoms with van der Waals surface area (Å²) in [7, 11) is 0. The third-order valence-electron chi connectivity index (χ3n) is 5.93. The number of hydrogen-bond acceptors (Lipinski definition) is 4. The Kier molecular flexibility index (Phi) is 7.20. The Morgan fingerprint density at radius 1 is 1.12 bits per heavy atom. The Hall–Kier alpha value is -3.03. The van der Waals surface area contributed by atoms with Gasteiger partial charge in [-0.15, -0.1) is 11.3 Å². The van der Waals surface area contributed by atoms with Crippen molar-refractivity contribution >= 4 is 23.2 Å². The Morgan fingerprint density at radius 2 is 1.91 bits per heavy atom. The van der Waals surface area contributed by atoms with Crippen molar-refractivity contribution in [1.29, 1.82) is 0 Å². The van der Waals surface area contributed by atoms with Gasteiger partial charge in [0.15, 0.2) is 4.80 Å². The van der Waals surface area contributed by atoms with Crippen LogP contribution in [0.4, 0.5) is 0 Å². The number of aryl methyl sites for hydroxylation is 2. The quantitative estimate of drug-likeness (QED) is 0.596. The summed E-state index contributed by atoms with van der Waals surface area (Å²) in [5, 5.41) is 2.98. The fourth-order valence-electron chi connectivity index (χ4n) is 3.82. The monoisotopic (exact) mass is 463 g/mol. The smallest absolute Gasteiger partial charge is 0.279 e. The molecule has 1 aliphatic heterocycles. The first-order valence-electron chi connectivity index (χ1n) is 11.2. The number of carbonyl (C=O) groups excluding carboxylic acids is 2. The Labute approximate surface area is 198 Å². The molecule has 0 unspecified atom stereocenters. The fraction of sp³-hybridized carbons (Fsp3) is 0.346. The molecule has 1 aliphatic rings. The normalized spacial score (nSPS) is 16.2. The second-order valence-electron chi connectivity index (χ2n) is 8.44. The van der Waals surface area contributed by atoms with Crippen molar-refractivity contribution in [2.24, 2.45) is 4.99 Å². The second-order valence-corrected chi connectivity index (χ2v) is 9.62. The lowest BCUT2D eigenvalue weighted by Crippen LogP contribution is -2.31. The average Bonchev–Trinajstić information content (AvgIpc) is 3.42. The molecule has 7 heteroatoms. The lowest BCUT2D eigenvalue weighted by atomic mass is 10.1. The van der Waals surface area contributed by atoms with Gasteiger partial charge in [0.1, 0.15) is 0 Å². The summed E-state index contributed by atoms with van der Waals surface area (Å²) < 4.78 is 7.62. The highest BCUT2D eigenvalue weighted by Gasteiger charge is 2.17. The van der Waals surface area contributed by atoms with Crippen LogP contribution in [0.2, 0.25) is 0 Å². The zero-order valence-electron chi connectivity index (χ0n) is 19.3. The van der Waals surface area contributed by atoms with E-state index in [1.165, 1.54) is 11.3 Å². The Balaban J connectivity index is 1.54. The summed E-state index contributed by atoms with van der Waals surface area (Å²) >= 11 is 1.50. The van der Waals surface area contributed by atoms with Crippen molar-refractivity contribution in [3.63, 3.8) is 0 Å². The summed E-state index contributed by atoms with van der Waals surface area (Å²) in [6, 6.07) is 15.0. The van der Waals surface area contributed by atoms with Gasteiger partial charge in [-0.2, -0.15) is 4.99 Å². The zero-order chi connectivity index (χ0) is 23.4. The summed E-state index contributed by atoms with van der Waals surface area (Å²) in [5.74, 6) is -0.359. The highest BCUT2D eigenvalue weighted by atomic mass is 32.1. The molecular weight excluding hydrogens is 434 g/mol. The minimum absolute atomic E-state index is 0.102. The van der Waals surface area contributed by atoms with Gasteiger partial charge in [-0.05, 0) is 63.4 Å². The second kappa shape index (κ2) is 10.3. The number of nitrogens with zero attached hydrogens (tertiary/aromatic N) is 2. The minimum atomic E-state index is -0.257. The topological polar surface area (TPSA) is 72.7 Å². The predicted octanol–water partition coefficient (Wildman–Crippen LogP) is 4.17. The summed E-state index contributed by atoms with van der Waals surface area (Å²) in [5.41, 5.74) is 4.32. The molecule has 0 saturated carbocycles. The maximum atomic E-state index is 12.7. The van der Waals surface area contributed by atoms with Crippen LogP contribution < -0.4 is 10.1 Å². The van der Waals surface area contributed by atoms with Gasteiger partial charge in [0, 0.05) is 34.8 Å². The highest BCUT2D eigenvalue weighted by molar-refractivity contribution is 7.09. The van der Waals surface area contributed by atoms with E-state index in [4.69, 9.17) is 4.74 Å². The first kappa shape index (κ1) is 23.1. The number of rotatable bonds is 6. The van der Waals surface area contributed by atoms with E-state index in [0.29, 0.717) is 29.0 Å². The van der Waals surface area contributed by atoms with Crippen molar-refractivity contribution < 1.29 is 14.3 Å². The van der Waals surface area contributed by atoms with Gasteiger partial charge >= 0.3 is 0 Å². The van der Waals surface area contributed by atoms with E-state index in [1.54, 1.807) is 12.1 Å². The van der Waals surface area contributed by atoms with Crippen LogP contribution in [0.15, 0.2) is 53.5 Å². The minimum Gasteiger partial charge on any atom is -0.376 e. The van der Waals surface area contributed by atoms with Gasteiger partial charge < -0.3 is 14.6 Å². The number of thiazole rings is 1. The van der Waals surface area contributed by atoms with Crippen molar-refractivity contribution in [3.05, 3.63) is 86.2 Å². The molecule has 1 atom stereocenters. The standard InChI is InChI=1S/C26H29N3O3S/c1-17-9-11-21(12-10-17)25(31)28-26-29(18(2)19(3)33-26)16-20-6-4-7-22(14-20)24(30)27-15-23-8-5-13-32-23/h4,6-7,9-12,14,23H,5,8,13,15-16H2,1-3H3,(H,27,30)/t23-/m1/s1. The zero-order valence-corrected chi connectivity index (χ0v) is 20.1. The van der Waals surface area contributed by atoms with Crippen LogP contribution in [0.3, 0.4) is 0 Å². The van der Waals surface area contributed by atoms with Crippen LogP contribution in [0, 0.1) is 20.8 Å². The molecule has 0 radical (unpaired) electrons. The van der Waals surface area contributed by atoms with Crippen molar-refractivity contribution in [2.75, 3.05) is 13.2 Å². The summed E-state index contributed by atoms with van der Waals surface area (Å²) in [6.45, 7) is 7.88. The van der Waals surface area contributed by atoms with E-state index in [9.17, 15) is 9.59 Å². The third-order valence-corrected chi connectivity index (χ3v) is 7.03. The number of ether oxygens (including phenoxy) is 1. The van der Waals surface area contributed by atoms with Gasteiger partial charge in [-0.3, -0.25) is 9.59 Å². The molecule has 1 aromatic heterocycles. The fourth-order valence-corrected chi connectivity index (χ4v) is 4.80. The van der Waals surface area contributed by atoms with Gasteiger partial charge in [0.2, 0.25) is 0 Å². The molecule has 2 aromatic carbocycles. The van der Waals surface area contributed by atoms with Crippen LogP contribution in [0.25, 0.3) is 0 Å². The molecule has 33 heavy (non-hydrogen) atoms. The lowest BCUT2D eigenvalue weighted by Gasteiger charge is -2.12. The van der Waals surface area contributed by atoms with Gasteiger partial charge in [0.05, 0.1) is 12.6 Å². The average molecular weight is 464 g/mol. The molecule has 4 rings (SSSR count). The molecule has 0 spiro atoms. The molecule has 6 nitrogen and oxygen atoms in total. The molecule has 2 amide bonds. The maximum absolute atomic E-state index is 12.7. The molecule has 1 saturated heterocycles. The number of hydrogen-bond donors (Lipinski definition) is 1. The number of amides is 2. The molecule has 172 valence electrons. The van der Waals surface area contributed by atoms with Crippen LogP contribution in [-0.2, 0) is 11.3 Å². The number of benzene rings is 2. The molecule has 0 bridgehead atoms. The molecule has 3 aromatic rings. The number of carbonyl (C=O) groups is 2. The van der Waals surface area contributed by atoms with Crippen LogP contribution in [0.1, 0.15) is 55.3 Å². The molecule has 2 heterocycles. The van der Waals surface area contributed by atoms with E-state index < -0.39 is 0 Å². The van der Waals surface area contributed by atoms with E-state index >= 15 is 0 Å². The molecule has 1 N–H and O–H groups in total. The van der Waals surface area contributed by atoms with Crippen molar-refractivity contribution in [2.45, 2.75) is 46.3 Å². The van der Waals surface area contributed by atoms with Gasteiger partial charge in [-0.25, -0.2) is 0 Å². The van der Waals surface area contributed by atoms with E-state index in [1.807, 2.05) is 61.7 Å². The summed E-state index contributed by atoms with van der Waals surface area (Å²) in [6.07, 6.45) is 2.15. The predicted molar refractivity (Wildman–Crippen MR) is 130 cm³/mol. The third kappa shape index (κ3) is 5.67. The first-order chi connectivity index (χ1) is 15.9. The highest BCUT2D eigenvalue weighted by Crippen LogP contribution is 2.15. The van der Waals surface area contributed by atoms with Crippen molar-refractivity contribution in [1.82, 2.24) is 9.88 Å². The van der Waals surface area contributed by atoms with Crippen LogP contribution in [0.5, 0.6) is 0 Å². The number of nitrogens with one attached hydrogen (secondary N) is 1. The van der Waals surface area contributed by atoms with Crippen LogP contribution >= 0.6 is 11.3 Å². The van der Waals surface area contributed by atoms with Crippen molar-refractivity contribution in [3.8, 4) is 0 Å². The Morgan fingerprint density at radius 3 is 2.64 bits per heavy atom. The SMILES string of the molecule is Cc1ccc(C(=O)N=c2sc(C)c(C)n2Cc2cccc(C(=O)NC[C@H]3CCCO3)c2)cc1. The van der Waals surface area contributed by atoms with Crippen LogP contribution in [-0.4, -0.2) is 35.6 Å². The molecular formula is C26H29N3O3S. The largest absolute Gasteiger partial charge is 0.376 e. The maximum Gasteiger partial charge on any atom is 0.279 e.